The van der Waals surface area contributed by atoms with Crippen molar-refractivity contribution < 1.29 is 0 Å². The average Bonchev–Trinajstić information content (AvgIpc) is 2.96. The van der Waals surface area contributed by atoms with Gasteiger partial charge in [-0.2, -0.15) is 0 Å². The molecule has 0 saturated carbocycles. The Hall–Kier alpha value is -3.07. The van der Waals surface area contributed by atoms with Gasteiger partial charge in [0.15, 0.2) is 0 Å². The molecule has 0 radical (unpaired) electrons. The molecule has 1 N–H and O–H groups in total. The zero-order chi connectivity index (χ0) is 19.7. The number of aryl methyl sites for hydroxylation is 5. The monoisotopic (exact) mass is 369 g/mol. The number of aromatic nitrogens is 2. The summed E-state index contributed by atoms with van der Waals surface area (Å²) in [5.74, 6) is 0. The van der Waals surface area contributed by atoms with Gasteiger partial charge in [0.25, 0.3) is 0 Å². The molecule has 0 aliphatic heterocycles. The van der Waals surface area contributed by atoms with Crippen molar-refractivity contribution in [2.75, 3.05) is 0 Å². The first kappa shape index (κ1) is 18.3. The molecule has 0 fully saturated rings. The van der Waals surface area contributed by atoms with Gasteiger partial charge in [-0.05, 0) is 49.9 Å². The number of rotatable bonds is 5. The van der Waals surface area contributed by atoms with Crippen molar-refractivity contribution in [3.8, 4) is 0 Å². The van der Waals surface area contributed by atoms with E-state index >= 15 is 0 Å². The lowest BCUT2D eigenvalue weighted by atomic mass is 10.1. The second kappa shape index (κ2) is 7.51. The number of fused-ring (bicyclic) bond motifs is 1. The van der Waals surface area contributed by atoms with Crippen LogP contribution in [0.5, 0.6) is 0 Å². The van der Waals surface area contributed by atoms with Gasteiger partial charge in [-0.1, -0.05) is 71.8 Å². The molecule has 0 aliphatic carbocycles. The first-order valence-corrected chi connectivity index (χ1v) is 9.87. The number of hydrogen-bond donors (Lipinski definition) is 1. The summed E-state index contributed by atoms with van der Waals surface area (Å²) in [6.45, 7) is 7.89. The molecule has 1 aromatic heterocycles. The Labute approximate surface area is 166 Å². The smallest absolute Gasteiger partial charge is 0.203 e. The van der Waals surface area contributed by atoms with E-state index in [2.05, 4.69) is 96.6 Å². The van der Waals surface area contributed by atoms with Gasteiger partial charge in [-0.3, -0.25) is 5.41 Å². The summed E-state index contributed by atoms with van der Waals surface area (Å²) in [5, 5.41) is 8.89. The van der Waals surface area contributed by atoms with Gasteiger partial charge in [0, 0.05) is 6.54 Å². The number of para-hydroxylation sites is 1. The van der Waals surface area contributed by atoms with Gasteiger partial charge in [0.05, 0.1) is 17.6 Å². The van der Waals surface area contributed by atoms with Gasteiger partial charge in [-0.15, -0.1) is 0 Å². The molecule has 0 atom stereocenters. The summed E-state index contributed by atoms with van der Waals surface area (Å²) >= 11 is 0. The van der Waals surface area contributed by atoms with Crippen molar-refractivity contribution in [2.24, 2.45) is 0 Å². The largest absolute Gasteiger partial charge is 0.310 e. The molecule has 0 unspecified atom stereocenters. The maximum atomic E-state index is 8.89. The highest BCUT2D eigenvalue weighted by Crippen LogP contribution is 2.19. The van der Waals surface area contributed by atoms with E-state index in [4.69, 9.17) is 5.41 Å². The van der Waals surface area contributed by atoms with Crippen LogP contribution < -0.4 is 5.62 Å². The zero-order valence-electron chi connectivity index (χ0n) is 16.9. The molecular weight excluding hydrogens is 342 g/mol. The fourth-order valence-corrected chi connectivity index (χ4v) is 3.83. The second-order valence-electron chi connectivity index (χ2n) is 7.73. The van der Waals surface area contributed by atoms with Crippen LogP contribution in [-0.2, 0) is 19.5 Å². The topological polar surface area (TPSA) is 33.7 Å². The van der Waals surface area contributed by atoms with Crippen LogP contribution in [0, 0.1) is 26.2 Å². The predicted molar refractivity (Wildman–Crippen MR) is 116 cm³/mol. The van der Waals surface area contributed by atoms with Crippen LogP contribution in [0.25, 0.3) is 11.0 Å². The van der Waals surface area contributed by atoms with Crippen LogP contribution in [0.1, 0.15) is 27.8 Å². The van der Waals surface area contributed by atoms with Crippen molar-refractivity contribution in [1.82, 2.24) is 9.13 Å². The Kier molecular flexibility index (Phi) is 4.91. The molecule has 4 rings (SSSR count). The quantitative estimate of drug-likeness (QED) is 0.505. The average molecular weight is 370 g/mol. The van der Waals surface area contributed by atoms with Gasteiger partial charge in [-0.25, -0.2) is 0 Å². The molecule has 0 amide bonds. The van der Waals surface area contributed by atoms with Crippen LogP contribution in [0.2, 0.25) is 0 Å². The lowest BCUT2D eigenvalue weighted by Crippen LogP contribution is -2.25. The Balaban J connectivity index is 1.73. The molecule has 3 heteroatoms. The number of benzene rings is 3. The lowest BCUT2D eigenvalue weighted by Gasteiger charge is -2.07. The molecule has 142 valence electrons. The van der Waals surface area contributed by atoms with Gasteiger partial charge < -0.3 is 9.13 Å². The SMILES string of the molecule is Cc1ccc(CCn2c(=N)n(Cc3ccc(C)cc3)c3cccc(C)c32)cc1. The highest BCUT2D eigenvalue weighted by Gasteiger charge is 2.13. The van der Waals surface area contributed by atoms with Crippen molar-refractivity contribution in [3.63, 3.8) is 0 Å². The predicted octanol–water partition coefficient (Wildman–Crippen LogP) is 5.14. The molecule has 0 aliphatic rings. The number of nitrogens with one attached hydrogen (secondary N) is 1. The number of imidazole rings is 1. The summed E-state index contributed by atoms with van der Waals surface area (Å²) in [6.07, 6.45) is 0.925. The summed E-state index contributed by atoms with van der Waals surface area (Å²) in [4.78, 5) is 0. The maximum Gasteiger partial charge on any atom is 0.203 e. The molecule has 3 nitrogen and oxygen atoms in total. The minimum atomic E-state index is 0.567. The normalized spacial score (nSPS) is 11.2. The van der Waals surface area contributed by atoms with Crippen molar-refractivity contribution in [1.29, 1.82) is 5.41 Å². The fourth-order valence-electron chi connectivity index (χ4n) is 3.83. The standard InChI is InChI=1S/C25H27N3/c1-18-7-11-21(12-8-18)15-16-27-24-20(3)5-4-6-23(24)28(25(27)26)17-22-13-9-19(2)10-14-22/h4-14,26H,15-17H2,1-3H3. The molecule has 3 aromatic carbocycles. The van der Waals surface area contributed by atoms with E-state index < -0.39 is 0 Å². The van der Waals surface area contributed by atoms with Gasteiger partial charge >= 0.3 is 0 Å². The highest BCUT2D eigenvalue weighted by molar-refractivity contribution is 5.79. The van der Waals surface area contributed by atoms with Crippen LogP contribution in [0.4, 0.5) is 0 Å². The van der Waals surface area contributed by atoms with Crippen molar-refractivity contribution in [3.05, 3.63) is 100 Å². The molecule has 0 saturated heterocycles. The zero-order valence-corrected chi connectivity index (χ0v) is 16.9. The minimum Gasteiger partial charge on any atom is -0.310 e. The first-order chi connectivity index (χ1) is 13.5. The molecule has 28 heavy (non-hydrogen) atoms. The van der Waals surface area contributed by atoms with E-state index in [0.717, 1.165) is 25.0 Å². The first-order valence-electron chi connectivity index (χ1n) is 9.87. The maximum absolute atomic E-state index is 8.89. The lowest BCUT2D eigenvalue weighted by molar-refractivity contribution is 0.620. The summed E-state index contributed by atoms with van der Waals surface area (Å²) in [7, 11) is 0. The summed E-state index contributed by atoms with van der Waals surface area (Å²) in [6, 6.07) is 23.7. The van der Waals surface area contributed by atoms with E-state index in [1.54, 1.807) is 0 Å². The molecule has 0 bridgehead atoms. The Morgan fingerprint density at radius 3 is 1.96 bits per heavy atom. The van der Waals surface area contributed by atoms with E-state index in [0.29, 0.717) is 5.62 Å². The van der Waals surface area contributed by atoms with Gasteiger partial charge in [0.1, 0.15) is 0 Å². The molecule has 4 aromatic rings. The Morgan fingerprint density at radius 2 is 1.32 bits per heavy atom. The molecular formula is C25H27N3. The van der Waals surface area contributed by atoms with Crippen LogP contribution in [0.3, 0.4) is 0 Å². The summed E-state index contributed by atoms with van der Waals surface area (Å²) < 4.78 is 4.29. The van der Waals surface area contributed by atoms with Crippen LogP contribution in [-0.4, -0.2) is 9.13 Å². The minimum absolute atomic E-state index is 0.567. The van der Waals surface area contributed by atoms with Gasteiger partial charge in [0.2, 0.25) is 5.62 Å². The van der Waals surface area contributed by atoms with E-state index in [9.17, 15) is 0 Å². The third-order valence-corrected chi connectivity index (χ3v) is 5.49. The van der Waals surface area contributed by atoms with E-state index in [1.807, 2.05) is 0 Å². The highest BCUT2D eigenvalue weighted by atomic mass is 15.2. The number of nitrogens with zero attached hydrogens (tertiary/aromatic N) is 2. The fraction of sp³-hybridized carbons (Fsp3) is 0.240. The Morgan fingerprint density at radius 1 is 0.714 bits per heavy atom. The van der Waals surface area contributed by atoms with E-state index in [-0.39, 0.29) is 0 Å². The second-order valence-corrected chi connectivity index (χ2v) is 7.73. The molecule has 1 heterocycles. The third kappa shape index (κ3) is 3.53. The molecule has 0 spiro atoms. The van der Waals surface area contributed by atoms with E-state index in [1.165, 1.54) is 33.3 Å². The van der Waals surface area contributed by atoms with Crippen LogP contribution in [0.15, 0.2) is 66.7 Å². The van der Waals surface area contributed by atoms with Crippen molar-refractivity contribution >= 4 is 11.0 Å². The van der Waals surface area contributed by atoms with Crippen LogP contribution >= 0.6 is 0 Å². The van der Waals surface area contributed by atoms with Crippen molar-refractivity contribution in [2.45, 2.75) is 40.3 Å². The third-order valence-electron chi connectivity index (χ3n) is 5.49. The summed E-state index contributed by atoms with van der Waals surface area (Å²) in [5.41, 5.74) is 9.17. The Bertz CT molecular complexity index is 1160. The number of hydrogen-bond acceptors (Lipinski definition) is 1.